The third kappa shape index (κ3) is 6.87. The van der Waals surface area contributed by atoms with Gasteiger partial charge in [0, 0.05) is 32.7 Å². The molecule has 0 bridgehead atoms. The molecule has 0 aliphatic heterocycles. The van der Waals surface area contributed by atoms with Crippen LogP contribution in [0.5, 0.6) is 0 Å². The van der Waals surface area contributed by atoms with Gasteiger partial charge in [-0.1, -0.05) is 31.9 Å². The maximum absolute atomic E-state index is 11.9. The number of hydrogen-bond acceptors (Lipinski definition) is 3. The molecular weight excluding hydrogens is 354 g/mol. The number of amides is 2. The summed E-state index contributed by atoms with van der Waals surface area (Å²) in [5.74, 6) is 1.60. The minimum absolute atomic E-state index is 0.162. The molecule has 0 radical (unpaired) electrons. The molecule has 7 nitrogen and oxygen atoms in total. The van der Waals surface area contributed by atoms with Crippen molar-refractivity contribution in [2.24, 2.45) is 22.6 Å². The van der Waals surface area contributed by atoms with Crippen LogP contribution in [0.1, 0.15) is 48.5 Å². The smallest absolute Gasteiger partial charge is 0.251 e. The zero-order valence-electron chi connectivity index (χ0n) is 17.2. The highest BCUT2D eigenvalue weighted by Crippen LogP contribution is 2.28. The normalized spacial score (nSPS) is 19.8. The largest absolute Gasteiger partial charge is 0.368 e. The van der Waals surface area contributed by atoms with Crippen LogP contribution in [0.15, 0.2) is 29.3 Å². The van der Waals surface area contributed by atoms with Gasteiger partial charge >= 0.3 is 0 Å². The van der Waals surface area contributed by atoms with E-state index in [0.29, 0.717) is 12.1 Å². The molecule has 1 fully saturated rings. The van der Waals surface area contributed by atoms with E-state index in [1.54, 1.807) is 19.2 Å². The number of rotatable bonds is 7. The van der Waals surface area contributed by atoms with E-state index in [4.69, 9.17) is 5.73 Å². The zero-order valence-corrected chi connectivity index (χ0v) is 17.2. The van der Waals surface area contributed by atoms with Gasteiger partial charge in [-0.2, -0.15) is 0 Å². The molecule has 4 N–H and O–H groups in total. The predicted octanol–water partition coefficient (Wildman–Crippen LogP) is 1.74. The molecule has 28 heavy (non-hydrogen) atoms. The zero-order chi connectivity index (χ0) is 20.5. The van der Waals surface area contributed by atoms with Crippen LogP contribution in [0.2, 0.25) is 0 Å². The lowest BCUT2D eigenvalue weighted by Gasteiger charge is -2.31. The van der Waals surface area contributed by atoms with Gasteiger partial charge in [-0.25, -0.2) is 0 Å². The monoisotopic (exact) mass is 387 g/mol. The van der Waals surface area contributed by atoms with Gasteiger partial charge in [0.15, 0.2) is 5.96 Å². The second kappa shape index (κ2) is 10.7. The number of aliphatic imine (C=N–C) groups is 1. The van der Waals surface area contributed by atoms with Crippen molar-refractivity contribution in [1.29, 1.82) is 0 Å². The van der Waals surface area contributed by atoms with Crippen molar-refractivity contribution in [3.63, 3.8) is 0 Å². The van der Waals surface area contributed by atoms with E-state index in [0.717, 1.165) is 29.9 Å². The topological polar surface area (TPSA) is 99.8 Å². The molecule has 1 aromatic carbocycles. The molecule has 0 heterocycles. The van der Waals surface area contributed by atoms with E-state index < -0.39 is 5.91 Å². The minimum atomic E-state index is -0.563. The summed E-state index contributed by atoms with van der Waals surface area (Å²) < 4.78 is 0. The summed E-state index contributed by atoms with van der Waals surface area (Å²) in [4.78, 5) is 29.3. The summed E-state index contributed by atoms with van der Waals surface area (Å²) in [6, 6.07) is 7.26. The van der Waals surface area contributed by atoms with Crippen LogP contribution in [0, 0.1) is 11.8 Å². The Balaban J connectivity index is 1.82. The van der Waals surface area contributed by atoms with E-state index in [1.807, 2.05) is 12.1 Å². The molecule has 2 rings (SSSR count). The molecule has 0 spiro atoms. The first-order chi connectivity index (χ1) is 13.4. The van der Waals surface area contributed by atoms with Crippen molar-refractivity contribution in [3.8, 4) is 0 Å². The van der Waals surface area contributed by atoms with Gasteiger partial charge in [-0.3, -0.25) is 14.6 Å². The lowest BCUT2D eigenvalue weighted by molar-refractivity contribution is -0.117. The average molecular weight is 388 g/mol. The van der Waals surface area contributed by atoms with Gasteiger partial charge in [-0.05, 0) is 42.4 Å². The second-order valence-electron chi connectivity index (χ2n) is 7.75. The molecule has 0 aromatic heterocycles. The van der Waals surface area contributed by atoms with E-state index in [-0.39, 0.29) is 12.5 Å². The number of carbonyl (C=O) groups excluding carboxylic acids is 2. The van der Waals surface area contributed by atoms with Crippen LogP contribution < -0.4 is 16.4 Å². The number of guanidine groups is 1. The van der Waals surface area contributed by atoms with Crippen molar-refractivity contribution >= 4 is 17.8 Å². The molecule has 1 saturated carbocycles. The van der Waals surface area contributed by atoms with Crippen molar-refractivity contribution < 1.29 is 9.59 Å². The molecule has 1 aliphatic carbocycles. The molecule has 154 valence electrons. The van der Waals surface area contributed by atoms with Gasteiger partial charge in [-0.15, -0.1) is 0 Å². The Morgan fingerprint density at radius 1 is 1.14 bits per heavy atom. The van der Waals surface area contributed by atoms with Crippen LogP contribution in [0.3, 0.4) is 0 Å². The van der Waals surface area contributed by atoms with Crippen LogP contribution >= 0.6 is 0 Å². The summed E-state index contributed by atoms with van der Waals surface area (Å²) in [6.45, 7) is 3.82. The number of nitrogens with one attached hydrogen (secondary N) is 2. The molecule has 0 atom stereocenters. The van der Waals surface area contributed by atoms with Crippen molar-refractivity contribution in [2.75, 3.05) is 27.2 Å². The highest BCUT2D eigenvalue weighted by molar-refractivity contribution is 5.96. The SMILES string of the molecule is CN=C(NCc1ccc(C(=O)NCC(N)=O)cc1)N(C)CC1CCC(C)CC1. The third-order valence-corrected chi connectivity index (χ3v) is 5.33. The van der Waals surface area contributed by atoms with Crippen LogP contribution in [0.25, 0.3) is 0 Å². The fourth-order valence-corrected chi connectivity index (χ4v) is 3.59. The summed E-state index contributed by atoms with van der Waals surface area (Å²) in [6.07, 6.45) is 5.23. The first-order valence-corrected chi connectivity index (χ1v) is 9.96. The second-order valence-corrected chi connectivity index (χ2v) is 7.75. The van der Waals surface area contributed by atoms with Crippen molar-refractivity contribution in [1.82, 2.24) is 15.5 Å². The Labute approximate surface area is 167 Å². The van der Waals surface area contributed by atoms with Crippen LogP contribution in [-0.2, 0) is 11.3 Å². The van der Waals surface area contributed by atoms with Gasteiger partial charge in [0.05, 0.1) is 6.54 Å². The maximum Gasteiger partial charge on any atom is 0.251 e. The first-order valence-electron chi connectivity index (χ1n) is 9.96. The van der Waals surface area contributed by atoms with E-state index in [9.17, 15) is 9.59 Å². The van der Waals surface area contributed by atoms with Crippen LogP contribution in [-0.4, -0.2) is 49.9 Å². The number of primary amides is 1. The van der Waals surface area contributed by atoms with Gasteiger partial charge in [0.1, 0.15) is 0 Å². The van der Waals surface area contributed by atoms with E-state index in [1.165, 1.54) is 25.7 Å². The summed E-state index contributed by atoms with van der Waals surface area (Å²) in [5.41, 5.74) is 6.58. The third-order valence-electron chi connectivity index (χ3n) is 5.33. The summed E-state index contributed by atoms with van der Waals surface area (Å²) in [7, 11) is 3.88. The molecule has 0 saturated heterocycles. The Morgan fingerprint density at radius 3 is 2.36 bits per heavy atom. The Morgan fingerprint density at radius 2 is 1.79 bits per heavy atom. The molecule has 1 aliphatic rings. The van der Waals surface area contributed by atoms with Crippen molar-refractivity contribution in [3.05, 3.63) is 35.4 Å². The lowest BCUT2D eigenvalue weighted by atomic mass is 9.83. The Hall–Kier alpha value is -2.57. The maximum atomic E-state index is 11.9. The van der Waals surface area contributed by atoms with E-state index >= 15 is 0 Å². The number of hydrogen-bond donors (Lipinski definition) is 3. The van der Waals surface area contributed by atoms with Crippen molar-refractivity contribution in [2.45, 2.75) is 39.2 Å². The standard InChI is InChI=1S/C21H33N5O2/c1-15-4-6-17(7-5-15)14-26(3)21(23-2)25-12-16-8-10-18(11-9-16)20(28)24-13-19(22)27/h8-11,15,17H,4-7,12-14H2,1-3H3,(H2,22,27)(H,23,25)(H,24,28). The quantitative estimate of drug-likeness (QED) is 0.490. The molecule has 1 aromatic rings. The number of benzene rings is 1. The van der Waals surface area contributed by atoms with E-state index in [2.05, 4.69) is 34.5 Å². The number of nitrogens with zero attached hydrogens (tertiary/aromatic N) is 2. The van der Waals surface area contributed by atoms with Gasteiger partial charge in [0.2, 0.25) is 5.91 Å². The van der Waals surface area contributed by atoms with Gasteiger partial charge in [0.25, 0.3) is 5.91 Å². The average Bonchev–Trinajstić information content (AvgIpc) is 2.68. The summed E-state index contributed by atoms with van der Waals surface area (Å²) >= 11 is 0. The highest BCUT2D eigenvalue weighted by atomic mass is 16.2. The van der Waals surface area contributed by atoms with Gasteiger partial charge < -0.3 is 21.3 Å². The fourth-order valence-electron chi connectivity index (χ4n) is 3.59. The van der Waals surface area contributed by atoms with Crippen LogP contribution in [0.4, 0.5) is 0 Å². The highest BCUT2D eigenvalue weighted by Gasteiger charge is 2.20. The summed E-state index contributed by atoms with van der Waals surface area (Å²) in [5, 5.41) is 5.87. The lowest BCUT2D eigenvalue weighted by Crippen LogP contribution is -2.41. The molecule has 7 heteroatoms. The first kappa shape index (κ1) is 21.7. The molecule has 2 amide bonds. The fraction of sp³-hybridized carbons (Fsp3) is 0.571. The number of nitrogens with two attached hydrogens (primary N) is 1. The molecular formula is C21H33N5O2. The predicted molar refractivity (Wildman–Crippen MR) is 112 cm³/mol. The number of carbonyl (C=O) groups is 2. The Kier molecular flexibility index (Phi) is 8.29. The Bertz CT molecular complexity index is 679. The molecule has 0 unspecified atom stereocenters. The minimum Gasteiger partial charge on any atom is -0.368 e.